The van der Waals surface area contributed by atoms with E-state index in [-0.39, 0.29) is 49.9 Å². The highest BCUT2D eigenvalue weighted by atomic mass is 16.6. The quantitative estimate of drug-likeness (QED) is 0.246. The molecule has 0 radical (unpaired) electrons. The van der Waals surface area contributed by atoms with E-state index in [1.54, 1.807) is 39.8 Å². The molecule has 186 valence electrons. The Kier molecular flexibility index (Phi) is 11.7. The Morgan fingerprint density at radius 2 is 1.70 bits per heavy atom. The number of alkyl carbamates (subject to hydrolysis) is 1. The highest BCUT2D eigenvalue weighted by Crippen LogP contribution is 2.12. The number of hydrogen-bond acceptors (Lipinski definition) is 7. The molecule has 1 rings (SSSR count). The van der Waals surface area contributed by atoms with Gasteiger partial charge in [-0.2, -0.15) is 0 Å². The van der Waals surface area contributed by atoms with Gasteiger partial charge in [0.1, 0.15) is 11.6 Å². The molecule has 0 aliphatic heterocycles. The second-order valence-electron chi connectivity index (χ2n) is 9.13. The predicted octanol–water partition coefficient (Wildman–Crippen LogP) is 2.82. The molecule has 0 aliphatic rings. The molecule has 1 aromatic rings. The summed E-state index contributed by atoms with van der Waals surface area (Å²) < 4.78 is 15.8. The topological polar surface area (TPSA) is 129 Å². The van der Waals surface area contributed by atoms with Crippen LogP contribution in [-0.2, 0) is 30.2 Å². The molecule has 0 aliphatic carbocycles. The van der Waals surface area contributed by atoms with E-state index in [0.29, 0.717) is 12.3 Å². The number of amides is 2. The average Bonchev–Trinajstić information content (AvgIpc) is 2.69. The van der Waals surface area contributed by atoms with E-state index in [9.17, 15) is 14.4 Å². The number of carbonyl (C=O) groups is 3. The Morgan fingerprint density at radius 3 is 2.24 bits per heavy atom. The standard InChI is InChI=1S/C24H39N3O6/c1-7-32-21(28)12-13-31-15-20(16(2)3)26-22(29)19(27-23(30)33-24(4,5)6)14-17-8-10-18(25)11-9-17/h8-11,16,19-20H,7,12-15,25H2,1-6H3,(H,26,29)(H,27,30)/t19-,20-/m1/s1. The Morgan fingerprint density at radius 1 is 1.06 bits per heavy atom. The monoisotopic (exact) mass is 465 g/mol. The van der Waals surface area contributed by atoms with Gasteiger partial charge in [0.05, 0.1) is 32.3 Å². The van der Waals surface area contributed by atoms with Gasteiger partial charge in [0.25, 0.3) is 0 Å². The second-order valence-corrected chi connectivity index (χ2v) is 9.13. The average molecular weight is 466 g/mol. The fraction of sp³-hybridized carbons (Fsp3) is 0.625. The Balaban J connectivity index is 2.81. The van der Waals surface area contributed by atoms with Crippen LogP contribution in [0.1, 0.15) is 53.5 Å². The highest BCUT2D eigenvalue weighted by Gasteiger charge is 2.27. The number of esters is 1. The molecular weight excluding hydrogens is 426 g/mol. The zero-order chi connectivity index (χ0) is 25.0. The van der Waals surface area contributed by atoms with Crippen LogP contribution < -0.4 is 16.4 Å². The van der Waals surface area contributed by atoms with E-state index in [4.69, 9.17) is 19.9 Å². The summed E-state index contributed by atoms with van der Waals surface area (Å²) in [5.41, 5.74) is 6.50. The van der Waals surface area contributed by atoms with Gasteiger partial charge in [-0.3, -0.25) is 9.59 Å². The first-order chi connectivity index (χ1) is 15.4. The predicted molar refractivity (Wildman–Crippen MR) is 127 cm³/mol. The molecule has 0 bridgehead atoms. The van der Waals surface area contributed by atoms with Crippen molar-refractivity contribution >= 4 is 23.7 Å². The summed E-state index contributed by atoms with van der Waals surface area (Å²) in [5.74, 6) is -0.617. The molecule has 2 amide bonds. The van der Waals surface area contributed by atoms with Gasteiger partial charge < -0.3 is 30.6 Å². The van der Waals surface area contributed by atoms with Gasteiger partial charge in [-0.1, -0.05) is 26.0 Å². The molecule has 0 heterocycles. The molecular formula is C24H39N3O6. The van der Waals surface area contributed by atoms with Crippen molar-refractivity contribution in [1.82, 2.24) is 10.6 Å². The first-order valence-corrected chi connectivity index (χ1v) is 11.3. The van der Waals surface area contributed by atoms with Crippen molar-refractivity contribution < 1.29 is 28.6 Å². The minimum atomic E-state index is -0.857. The maximum atomic E-state index is 13.1. The lowest BCUT2D eigenvalue weighted by Crippen LogP contribution is -2.53. The SMILES string of the molecule is CCOC(=O)CCOC[C@@H](NC(=O)[C@@H](Cc1ccc(N)cc1)NC(=O)OC(C)(C)C)C(C)C. The molecule has 0 saturated carbocycles. The molecule has 4 N–H and O–H groups in total. The summed E-state index contributed by atoms with van der Waals surface area (Å²) in [7, 11) is 0. The molecule has 33 heavy (non-hydrogen) atoms. The third kappa shape index (κ3) is 12.1. The Hall–Kier alpha value is -2.81. The van der Waals surface area contributed by atoms with Crippen LogP contribution in [-0.4, -0.2) is 55.5 Å². The van der Waals surface area contributed by atoms with E-state index in [1.807, 2.05) is 26.0 Å². The van der Waals surface area contributed by atoms with Crippen LogP contribution in [0.25, 0.3) is 0 Å². The van der Waals surface area contributed by atoms with Gasteiger partial charge in [-0.05, 0) is 51.3 Å². The number of nitrogens with two attached hydrogens (primary N) is 1. The molecule has 0 unspecified atom stereocenters. The number of carbonyl (C=O) groups excluding carboxylic acids is 3. The molecule has 0 fully saturated rings. The molecule has 9 nitrogen and oxygen atoms in total. The summed E-state index contributed by atoms with van der Waals surface area (Å²) in [6.45, 7) is 11.7. The fourth-order valence-corrected chi connectivity index (χ4v) is 2.83. The van der Waals surface area contributed by atoms with Gasteiger partial charge in [0.2, 0.25) is 5.91 Å². The van der Waals surface area contributed by atoms with Crippen LogP contribution >= 0.6 is 0 Å². The molecule has 0 saturated heterocycles. The lowest BCUT2D eigenvalue weighted by atomic mass is 10.0. The van der Waals surface area contributed by atoms with Crippen LogP contribution in [0.5, 0.6) is 0 Å². The van der Waals surface area contributed by atoms with Crippen molar-refractivity contribution in [2.45, 2.75) is 72.1 Å². The molecule has 9 heteroatoms. The zero-order valence-electron chi connectivity index (χ0n) is 20.6. The van der Waals surface area contributed by atoms with Crippen LogP contribution in [0.4, 0.5) is 10.5 Å². The highest BCUT2D eigenvalue weighted by molar-refractivity contribution is 5.86. The van der Waals surface area contributed by atoms with Crippen LogP contribution in [0.2, 0.25) is 0 Å². The Bertz CT molecular complexity index is 758. The smallest absolute Gasteiger partial charge is 0.408 e. The number of benzene rings is 1. The lowest BCUT2D eigenvalue weighted by molar-refractivity contribution is -0.144. The van der Waals surface area contributed by atoms with Gasteiger partial charge in [-0.25, -0.2) is 4.79 Å². The molecule has 1 aromatic carbocycles. The number of ether oxygens (including phenoxy) is 3. The van der Waals surface area contributed by atoms with E-state index in [2.05, 4.69) is 10.6 Å². The van der Waals surface area contributed by atoms with Gasteiger partial charge in [0, 0.05) is 12.1 Å². The van der Waals surface area contributed by atoms with Crippen molar-refractivity contribution in [2.24, 2.45) is 5.92 Å². The summed E-state index contributed by atoms with van der Waals surface area (Å²) >= 11 is 0. The fourth-order valence-electron chi connectivity index (χ4n) is 2.83. The van der Waals surface area contributed by atoms with Gasteiger partial charge in [-0.15, -0.1) is 0 Å². The molecule has 0 spiro atoms. The van der Waals surface area contributed by atoms with Crippen LogP contribution in [0.3, 0.4) is 0 Å². The maximum Gasteiger partial charge on any atom is 0.408 e. The number of rotatable bonds is 12. The Labute approximate surface area is 196 Å². The maximum absolute atomic E-state index is 13.1. The minimum absolute atomic E-state index is 0.0650. The summed E-state index contributed by atoms with van der Waals surface area (Å²) in [6.07, 6.45) is -0.267. The lowest BCUT2D eigenvalue weighted by Gasteiger charge is -2.27. The largest absolute Gasteiger partial charge is 0.466 e. The molecule has 2 atom stereocenters. The van der Waals surface area contributed by atoms with E-state index in [1.165, 1.54) is 0 Å². The third-order valence-corrected chi connectivity index (χ3v) is 4.61. The second kappa shape index (κ2) is 13.7. The van der Waals surface area contributed by atoms with Crippen molar-refractivity contribution in [3.63, 3.8) is 0 Å². The van der Waals surface area contributed by atoms with Gasteiger partial charge in [0.15, 0.2) is 0 Å². The number of nitrogen functional groups attached to an aromatic ring is 1. The summed E-state index contributed by atoms with van der Waals surface area (Å²) in [4.78, 5) is 36.9. The van der Waals surface area contributed by atoms with Crippen molar-refractivity contribution in [3.05, 3.63) is 29.8 Å². The first-order valence-electron chi connectivity index (χ1n) is 11.3. The third-order valence-electron chi connectivity index (χ3n) is 4.61. The number of nitrogens with one attached hydrogen (secondary N) is 2. The normalized spacial score (nSPS) is 13.2. The summed E-state index contributed by atoms with van der Waals surface area (Å²) in [5, 5.41) is 5.63. The van der Waals surface area contributed by atoms with E-state index >= 15 is 0 Å². The van der Waals surface area contributed by atoms with Crippen LogP contribution in [0.15, 0.2) is 24.3 Å². The minimum Gasteiger partial charge on any atom is -0.466 e. The molecule has 0 aromatic heterocycles. The zero-order valence-corrected chi connectivity index (χ0v) is 20.6. The van der Waals surface area contributed by atoms with Crippen molar-refractivity contribution in [2.75, 3.05) is 25.6 Å². The number of anilines is 1. The van der Waals surface area contributed by atoms with Crippen LogP contribution in [0, 0.1) is 5.92 Å². The van der Waals surface area contributed by atoms with E-state index in [0.717, 1.165) is 5.56 Å². The van der Waals surface area contributed by atoms with Gasteiger partial charge >= 0.3 is 12.1 Å². The first kappa shape index (κ1) is 28.2. The summed E-state index contributed by atoms with van der Waals surface area (Å²) in [6, 6.07) is 5.94. The van der Waals surface area contributed by atoms with Crippen molar-refractivity contribution in [1.29, 1.82) is 0 Å². The van der Waals surface area contributed by atoms with Crippen molar-refractivity contribution in [3.8, 4) is 0 Å². The number of hydrogen-bond donors (Lipinski definition) is 3. The van der Waals surface area contributed by atoms with E-state index < -0.39 is 17.7 Å².